The number of ether oxygens (including phenoxy) is 1. The molecule has 6 heteroatoms. The van der Waals surface area contributed by atoms with Gasteiger partial charge in [-0.3, -0.25) is 4.68 Å². The molecule has 0 unspecified atom stereocenters. The molecule has 3 rings (SSSR count). The molecule has 0 aliphatic heterocycles. The van der Waals surface area contributed by atoms with E-state index in [0.29, 0.717) is 12.0 Å². The van der Waals surface area contributed by atoms with Crippen molar-refractivity contribution in [2.75, 3.05) is 0 Å². The summed E-state index contributed by atoms with van der Waals surface area (Å²) in [7, 11) is 0. The van der Waals surface area contributed by atoms with Gasteiger partial charge >= 0.3 is 11.9 Å². The minimum atomic E-state index is -0.952. The van der Waals surface area contributed by atoms with Gasteiger partial charge in [-0.05, 0) is 70.2 Å². The zero-order valence-corrected chi connectivity index (χ0v) is 21.6. The Hall–Kier alpha value is -3.41. The Balaban J connectivity index is 1.94. The normalized spacial score (nSPS) is 11.6. The summed E-state index contributed by atoms with van der Waals surface area (Å²) in [6.45, 7) is 11.6. The first-order chi connectivity index (χ1) is 16.5. The van der Waals surface area contributed by atoms with Gasteiger partial charge in [0.25, 0.3) is 0 Å². The summed E-state index contributed by atoms with van der Waals surface area (Å²) in [6.07, 6.45) is 3.22. The number of esters is 1. The minimum Gasteiger partial charge on any atom is -0.477 e. The zero-order chi connectivity index (χ0) is 25.8. The third kappa shape index (κ3) is 6.38. The molecule has 0 aliphatic carbocycles. The Kier molecular flexibility index (Phi) is 8.15. The van der Waals surface area contributed by atoms with Gasteiger partial charge in [0, 0.05) is 18.0 Å². The van der Waals surface area contributed by atoms with Crippen LogP contribution in [0.5, 0.6) is 0 Å². The van der Waals surface area contributed by atoms with Gasteiger partial charge < -0.3 is 9.84 Å². The van der Waals surface area contributed by atoms with E-state index in [1.807, 2.05) is 77.1 Å². The van der Waals surface area contributed by atoms with E-state index in [9.17, 15) is 14.7 Å². The van der Waals surface area contributed by atoms with Gasteiger partial charge in [-0.15, -0.1) is 0 Å². The first kappa shape index (κ1) is 26.2. The SMILES string of the molecule is CCCCc1nn(C(C)C)c(C(=O)O)c1Cc1ccc(-c2ccccc2C(=O)OC(C)(C)C)cc1. The van der Waals surface area contributed by atoms with Crippen LogP contribution in [0.1, 0.15) is 98.1 Å². The molecule has 0 atom stereocenters. The monoisotopic (exact) mass is 476 g/mol. The smallest absolute Gasteiger partial charge is 0.354 e. The number of carboxylic acid groups (broad SMARTS) is 1. The van der Waals surface area contributed by atoms with Crippen LogP contribution in [-0.4, -0.2) is 32.4 Å². The Morgan fingerprint density at radius 1 is 1.06 bits per heavy atom. The van der Waals surface area contributed by atoms with E-state index in [2.05, 4.69) is 12.0 Å². The number of carbonyl (C=O) groups excluding carboxylic acids is 1. The lowest BCUT2D eigenvalue weighted by atomic mass is 9.95. The van der Waals surface area contributed by atoms with Crippen LogP contribution in [0, 0.1) is 0 Å². The fourth-order valence-electron chi connectivity index (χ4n) is 4.10. The van der Waals surface area contributed by atoms with Crippen LogP contribution in [0.15, 0.2) is 48.5 Å². The predicted octanol–water partition coefficient (Wildman–Crippen LogP) is 6.72. The molecular formula is C29H36N2O4. The summed E-state index contributed by atoms with van der Waals surface area (Å²) in [4.78, 5) is 24.9. The highest BCUT2D eigenvalue weighted by Gasteiger charge is 2.25. The van der Waals surface area contributed by atoms with Crippen molar-refractivity contribution in [2.24, 2.45) is 0 Å². The highest BCUT2D eigenvalue weighted by molar-refractivity contribution is 5.97. The van der Waals surface area contributed by atoms with Crippen LogP contribution < -0.4 is 0 Å². The standard InChI is InChI=1S/C29H36N2O4/c1-7-8-13-25-24(26(27(32)33)31(30-25)19(2)3)18-20-14-16-21(17-15-20)22-11-9-10-12-23(22)28(34)35-29(4,5)6/h9-12,14-17,19H,7-8,13,18H2,1-6H3,(H,32,33). The van der Waals surface area contributed by atoms with Crippen LogP contribution in [0.3, 0.4) is 0 Å². The van der Waals surface area contributed by atoms with Gasteiger partial charge in [0.1, 0.15) is 11.3 Å². The molecule has 1 N–H and O–H groups in total. The summed E-state index contributed by atoms with van der Waals surface area (Å²) in [5.74, 6) is -1.31. The van der Waals surface area contributed by atoms with Crippen molar-refractivity contribution >= 4 is 11.9 Å². The number of unbranched alkanes of at least 4 members (excludes halogenated alkanes) is 1. The lowest BCUT2D eigenvalue weighted by molar-refractivity contribution is 0.00702. The lowest BCUT2D eigenvalue weighted by Gasteiger charge is -2.20. The van der Waals surface area contributed by atoms with Crippen molar-refractivity contribution in [1.82, 2.24) is 9.78 Å². The summed E-state index contributed by atoms with van der Waals surface area (Å²) in [5.41, 5.74) is 4.54. The summed E-state index contributed by atoms with van der Waals surface area (Å²) in [5, 5.41) is 14.6. The van der Waals surface area contributed by atoms with Crippen molar-refractivity contribution in [3.05, 3.63) is 76.6 Å². The molecule has 6 nitrogen and oxygen atoms in total. The van der Waals surface area contributed by atoms with Crippen LogP contribution in [0.25, 0.3) is 11.1 Å². The van der Waals surface area contributed by atoms with Gasteiger partial charge in [-0.2, -0.15) is 5.10 Å². The molecule has 35 heavy (non-hydrogen) atoms. The molecule has 0 saturated heterocycles. The zero-order valence-electron chi connectivity index (χ0n) is 21.6. The molecule has 1 aromatic heterocycles. The Labute approximate surface area is 207 Å². The fourth-order valence-corrected chi connectivity index (χ4v) is 4.10. The third-order valence-corrected chi connectivity index (χ3v) is 5.74. The number of aromatic nitrogens is 2. The third-order valence-electron chi connectivity index (χ3n) is 5.74. The number of rotatable bonds is 9. The number of hydrogen-bond donors (Lipinski definition) is 1. The van der Waals surface area contributed by atoms with Gasteiger partial charge in [-0.25, -0.2) is 9.59 Å². The highest BCUT2D eigenvalue weighted by Crippen LogP contribution is 2.28. The van der Waals surface area contributed by atoms with Crippen molar-refractivity contribution < 1.29 is 19.4 Å². The van der Waals surface area contributed by atoms with Crippen LogP contribution in [0.4, 0.5) is 0 Å². The molecule has 1 heterocycles. The van der Waals surface area contributed by atoms with Crippen molar-refractivity contribution in [3.63, 3.8) is 0 Å². The second kappa shape index (κ2) is 10.9. The highest BCUT2D eigenvalue weighted by atomic mass is 16.6. The molecule has 0 fully saturated rings. The van der Waals surface area contributed by atoms with E-state index in [4.69, 9.17) is 4.74 Å². The second-order valence-corrected chi connectivity index (χ2v) is 10.1. The van der Waals surface area contributed by atoms with Gasteiger partial charge in [0.15, 0.2) is 0 Å². The average Bonchev–Trinajstić information content (AvgIpc) is 3.15. The van der Waals surface area contributed by atoms with Crippen molar-refractivity contribution in [3.8, 4) is 11.1 Å². The Morgan fingerprint density at radius 3 is 2.29 bits per heavy atom. The molecule has 186 valence electrons. The average molecular weight is 477 g/mol. The van der Waals surface area contributed by atoms with E-state index in [1.54, 1.807) is 10.7 Å². The summed E-state index contributed by atoms with van der Waals surface area (Å²) in [6, 6.07) is 15.3. The number of nitrogens with zero attached hydrogens (tertiary/aromatic N) is 2. The number of hydrogen-bond acceptors (Lipinski definition) is 4. The quantitative estimate of drug-likeness (QED) is 0.347. The maximum absolute atomic E-state index is 12.8. The molecule has 0 amide bonds. The van der Waals surface area contributed by atoms with E-state index in [1.165, 1.54) is 0 Å². The lowest BCUT2D eigenvalue weighted by Crippen LogP contribution is -2.24. The molecule has 0 aliphatic rings. The van der Waals surface area contributed by atoms with Gasteiger partial charge in [-0.1, -0.05) is 55.8 Å². The van der Waals surface area contributed by atoms with Crippen molar-refractivity contribution in [2.45, 2.75) is 78.9 Å². The molecule has 0 bridgehead atoms. The maximum Gasteiger partial charge on any atom is 0.354 e. The van der Waals surface area contributed by atoms with Crippen LogP contribution in [0.2, 0.25) is 0 Å². The molecular weight excluding hydrogens is 440 g/mol. The van der Waals surface area contributed by atoms with Gasteiger partial charge in [0.05, 0.1) is 11.3 Å². The van der Waals surface area contributed by atoms with Gasteiger partial charge in [0.2, 0.25) is 0 Å². The van der Waals surface area contributed by atoms with E-state index < -0.39 is 11.6 Å². The molecule has 2 aromatic carbocycles. The van der Waals surface area contributed by atoms with E-state index in [-0.39, 0.29) is 17.7 Å². The topological polar surface area (TPSA) is 81.4 Å². The van der Waals surface area contributed by atoms with E-state index in [0.717, 1.165) is 47.2 Å². The summed E-state index contributed by atoms with van der Waals surface area (Å²) < 4.78 is 7.22. The largest absolute Gasteiger partial charge is 0.477 e. The minimum absolute atomic E-state index is 0.0399. The number of aryl methyl sites for hydroxylation is 1. The van der Waals surface area contributed by atoms with E-state index >= 15 is 0 Å². The maximum atomic E-state index is 12.8. The molecule has 0 radical (unpaired) electrons. The Morgan fingerprint density at radius 2 is 1.71 bits per heavy atom. The van der Waals surface area contributed by atoms with Crippen molar-refractivity contribution in [1.29, 1.82) is 0 Å². The number of carboxylic acids is 1. The number of carbonyl (C=O) groups is 2. The molecule has 3 aromatic rings. The van der Waals surface area contributed by atoms with Crippen LogP contribution >= 0.6 is 0 Å². The second-order valence-electron chi connectivity index (χ2n) is 10.1. The number of benzene rings is 2. The first-order valence-corrected chi connectivity index (χ1v) is 12.3. The molecule has 0 saturated carbocycles. The first-order valence-electron chi connectivity index (χ1n) is 12.3. The fraction of sp³-hybridized carbons (Fsp3) is 0.414. The van der Waals surface area contributed by atoms with Crippen LogP contribution in [-0.2, 0) is 17.6 Å². The molecule has 0 spiro atoms. The predicted molar refractivity (Wildman–Crippen MR) is 138 cm³/mol. The number of aromatic carboxylic acids is 1. The summed E-state index contributed by atoms with van der Waals surface area (Å²) >= 11 is 0. The Bertz CT molecular complexity index is 1180.